The molecule has 2 aromatic carbocycles. The quantitative estimate of drug-likeness (QED) is 0.366. The number of nitrogens with zero attached hydrogens (tertiary/aromatic N) is 3. The Morgan fingerprint density at radius 2 is 1.88 bits per heavy atom. The predicted octanol–water partition coefficient (Wildman–Crippen LogP) is 5.02. The molecule has 0 saturated heterocycles. The zero-order valence-electron chi connectivity index (χ0n) is 13.6. The Morgan fingerprint density at radius 3 is 2.76 bits per heavy atom. The molecule has 0 atom stereocenters. The van der Waals surface area contributed by atoms with Crippen molar-refractivity contribution < 1.29 is 4.74 Å². The third-order valence-corrected chi connectivity index (χ3v) is 5.19. The molecular formula is C19H16ClN3OS. The van der Waals surface area contributed by atoms with Gasteiger partial charge in [-0.15, -0.1) is 10.2 Å². The summed E-state index contributed by atoms with van der Waals surface area (Å²) in [6.45, 7) is 2.65. The number of pyridine rings is 1. The van der Waals surface area contributed by atoms with E-state index in [0.29, 0.717) is 17.4 Å². The number of benzene rings is 2. The van der Waals surface area contributed by atoms with E-state index in [-0.39, 0.29) is 0 Å². The topological polar surface area (TPSA) is 39.4 Å². The standard InChI is InChI=1S/C19H16ClN3OS/c1-13-12-18-21-22-19(23(18)16-8-4-2-6-14(13)16)25-11-10-24-17-9-5-3-7-15(17)20/h2-9,12H,10-11H2,1H3. The average Bonchev–Trinajstić information content (AvgIpc) is 3.03. The van der Waals surface area contributed by atoms with Crippen molar-refractivity contribution >= 4 is 39.9 Å². The molecule has 0 bridgehead atoms. The van der Waals surface area contributed by atoms with Gasteiger partial charge >= 0.3 is 0 Å². The SMILES string of the molecule is Cc1cc2nnc(SCCOc3ccccc3Cl)n2c2ccccc12. The number of para-hydroxylation sites is 2. The van der Waals surface area contributed by atoms with Gasteiger partial charge in [-0.3, -0.25) is 4.40 Å². The van der Waals surface area contributed by atoms with Crippen LogP contribution in [0, 0.1) is 6.92 Å². The van der Waals surface area contributed by atoms with E-state index in [0.717, 1.165) is 22.1 Å². The zero-order valence-corrected chi connectivity index (χ0v) is 15.2. The lowest BCUT2D eigenvalue weighted by molar-refractivity contribution is 0.344. The highest BCUT2D eigenvalue weighted by molar-refractivity contribution is 7.99. The van der Waals surface area contributed by atoms with Gasteiger partial charge in [-0.2, -0.15) is 0 Å². The molecular weight excluding hydrogens is 354 g/mol. The molecule has 2 heterocycles. The summed E-state index contributed by atoms with van der Waals surface area (Å²) in [6.07, 6.45) is 0. The largest absolute Gasteiger partial charge is 0.491 e. The zero-order chi connectivity index (χ0) is 17.2. The maximum absolute atomic E-state index is 6.10. The Balaban J connectivity index is 1.54. The van der Waals surface area contributed by atoms with Gasteiger partial charge in [0, 0.05) is 11.1 Å². The highest BCUT2D eigenvalue weighted by Gasteiger charge is 2.11. The molecule has 0 spiro atoms. The monoisotopic (exact) mass is 369 g/mol. The summed E-state index contributed by atoms with van der Waals surface area (Å²) in [6, 6.07) is 17.9. The van der Waals surface area contributed by atoms with Crippen molar-refractivity contribution in [2.24, 2.45) is 0 Å². The smallest absolute Gasteiger partial charge is 0.196 e. The molecule has 25 heavy (non-hydrogen) atoms. The van der Waals surface area contributed by atoms with E-state index in [2.05, 4.69) is 45.8 Å². The summed E-state index contributed by atoms with van der Waals surface area (Å²) in [4.78, 5) is 0. The molecule has 126 valence electrons. The molecule has 0 aliphatic carbocycles. The summed E-state index contributed by atoms with van der Waals surface area (Å²) >= 11 is 7.73. The molecule has 0 aliphatic rings. The highest BCUT2D eigenvalue weighted by atomic mass is 35.5. The summed E-state index contributed by atoms with van der Waals surface area (Å²) in [5.74, 6) is 1.46. The average molecular weight is 370 g/mol. The second-order valence-corrected chi connectivity index (χ2v) is 7.12. The fraction of sp³-hybridized carbons (Fsp3) is 0.158. The van der Waals surface area contributed by atoms with Crippen LogP contribution < -0.4 is 4.74 Å². The summed E-state index contributed by atoms with van der Waals surface area (Å²) in [5.41, 5.74) is 3.19. The maximum Gasteiger partial charge on any atom is 0.196 e. The molecule has 0 N–H and O–H groups in total. The molecule has 0 aliphatic heterocycles. The van der Waals surface area contributed by atoms with E-state index in [4.69, 9.17) is 16.3 Å². The minimum atomic E-state index is 0.549. The Bertz CT molecular complexity index is 1050. The lowest BCUT2D eigenvalue weighted by atomic mass is 10.1. The maximum atomic E-state index is 6.10. The number of aryl methyl sites for hydroxylation is 1. The molecule has 4 rings (SSSR count). The van der Waals surface area contributed by atoms with Gasteiger partial charge < -0.3 is 4.74 Å². The molecule has 4 nitrogen and oxygen atoms in total. The van der Waals surface area contributed by atoms with E-state index in [9.17, 15) is 0 Å². The molecule has 6 heteroatoms. The van der Waals surface area contributed by atoms with Gasteiger partial charge in [-0.05, 0) is 36.8 Å². The molecule has 0 amide bonds. The first-order valence-corrected chi connectivity index (χ1v) is 9.34. The number of rotatable bonds is 5. The van der Waals surface area contributed by atoms with E-state index < -0.39 is 0 Å². The van der Waals surface area contributed by atoms with Crippen LogP contribution in [-0.2, 0) is 0 Å². The van der Waals surface area contributed by atoms with Gasteiger partial charge in [-0.1, -0.05) is 53.7 Å². The number of halogens is 1. The van der Waals surface area contributed by atoms with Crippen LogP contribution in [0.25, 0.3) is 16.6 Å². The van der Waals surface area contributed by atoms with Crippen LogP contribution in [0.1, 0.15) is 5.56 Å². The second kappa shape index (κ2) is 6.94. The first-order chi connectivity index (χ1) is 12.2. The van der Waals surface area contributed by atoms with Crippen molar-refractivity contribution in [2.75, 3.05) is 12.4 Å². The fourth-order valence-electron chi connectivity index (χ4n) is 2.81. The van der Waals surface area contributed by atoms with E-state index in [1.807, 2.05) is 30.3 Å². The third kappa shape index (κ3) is 3.17. The van der Waals surface area contributed by atoms with Crippen LogP contribution in [0.2, 0.25) is 5.02 Å². The van der Waals surface area contributed by atoms with Crippen molar-refractivity contribution in [2.45, 2.75) is 12.1 Å². The first kappa shape index (κ1) is 16.2. The molecule has 0 unspecified atom stereocenters. The van der Waals surface area contributed by atoms with Crippen LogP contribution in [0.5, 0.6) is 5.75 Å². The lowest BCUT2D eigenvalue weighted by Crippen LogP contribution is -2.01. The highest BCUT2D eigenvalue weighted by Crippen LogP contribution is 2.26. The first-order valence-electron chi connectivity index (χ1n) is 7.97. The summed E-state index contributed by atoms with van der Waals surface area (Å²) < 4.78 is 7.84. The van der Waals surface area contributed by atoms with Crippen molar-refractivity contribution in [3.8, 4) is 5.75 Å². The van der Waals surface area contributed by atoms with Crippen LogP contribution in [0.3, 0.4) is 0 Å². The molecule has 0 radical (unpaired) electrons. The Morgan fingerprint density at radius 1 is 1.08 bits per heavy atom. The van der Waals surface area contributed by atoms with Crippen LogP contribution >= 0.6 is 23.4 Å². The lowest BCUT2D eigenvalue weighted by Gasteiger charge is -2.08. The van der Waals surface area contributed by atoms with Crippen LogP contribution in [0.4, 0.5) is 0 Å². The van der Waals surface area contributed by atoms with Crippen molar-refractivity contribution in [1.29, 1.82) is 0 Å². The predicted molar refractivity (Wildman–Crippen MR) is 103 cm³/mol. The number of fused-ring (bicyclic) bond motifs is 3. The van der Waals surface area contributed by atoms with E-state index >= 15 is 0 Å². The van der Waals surface area contributed by atoms with Gasteiger partial charge in [0.2, 0.25) is 0 Å². The number of hydrogen-bond acceptors (Lipinski definition) is 4. The van der Waals surface area contributed by atoms with Crippen molar-refractivity contribution in [3.63, 3.8) is 0 Å². The van der Waals surface area contributed by atoms with Gasteiger partial charge in [0.25, 0.3) is 0 Å². The molecule has 0 saturated carbocycles. The summed E-state index contributed by atoms with van der Waals surface area (Å²) in [7, 11) is 0. The van der Waals surface area contributed by atoms with Gasteiger partial charge in [0.15, 0.2) is 10.8 Å². The van der Waals surface area contributed by atoms with Crippen molar-refractivity contribution in [3.05, 3.63) is 65.2 Å². The number of thioether (sulfide) groups is 1. The van der Waals surface area contributed by atoms with Crippen LogP contribution in [-0.4, -0.2) is 27.0 Å². The molecule has 0 fully saturated rings. The summed E-state index contributed by atoms with van der Waals surface area (Å²) in [5, 5.41) is 11.4. The fourth-order valence-corrected chi connectivity index (χ4v) is 3.77. The molecule has 4 aromatic rings. The second-order valence-electron chi connectivity index (χ2n) is 5.65. The van der Waals surface area contributed by atoms with Gasteiger partial charge in [0.1, 0.15) is 5.75 Å². The number of hydrogen-bond donors (Lipinski definition) is 0. The third-order valence-electron chi connectivity index (χ3n) is 3.98. The minimum absolute atomic E-state index is 0.549. The van der Waals surface area contributed by atoms with E-state index in [1.54, 1.807) is 11.8 Å². The van der Waals surface area contributed by atoms with Crippen LogP contribution in [0.15, 0.2) is 59.8 Å². The minimum Gasteiger partial charge on any atom is -0.491 e. The Hall–Kier alpha value is -2.24. The number of ether oxygens (including phenoxy) is 1. The Kier molecular flexibility index (Phi) is 4.51. The number of aromatic nitrogens is 3. The van der Waals surface area contributed by atoms with E-state index in [1.165, 1.54) is 10.9 Å². The van der Waals surface area contributed by atoms with Crippen molar-refractivity contribution in [1.82, 2.24) is 14.6 Å². The molecule has 2 aromatic heterocycles. The Labute approximate surface area is 154 Å². The van der Waals surface area contributed by atoms with Gasteiger partial charge in [0.05, 0.1) is 17.1 Å². The normalized spacial score (nSPS) is 11.3. The van der Waals surface area contributed by atoms with Gasteiger partial charge in [-0.25, -0.2) is 0 Å².